The highest BCUT2D eigenvalue weighted by atomic mass is 79.9. The third-order valence-corrected chi connectivity index (χ3v) is 4.30. The summed E-state index contributed by atoms with van der Waals surface area (Å²) in [6.07, 6.45) is 0. The Kier molecular flexibility index (Phi) is 6.07. The van der Waals surface area contributed by atoms with Crippen molar-refractivity contribution in [1.82, 2.24) is 5.32 Å². The average molecular weight is 354 g/mol. The standard InChI is InChI=1S/C16H20BrNOS/c1-12(2)9-18-10-13-5-6-16(15(17)8-13)19-11-14-4-3-7-20-14/h3-8,12,18H,9-11H2,1-2H3. The van der Waals surface area contributed by atoms with Crippen molar-refractivity contribution in [2.75, 3.05) is 6.54 Å². The van der Waals surface area contributed by atoms with Gasteiger partial charge in [-0.15, -0.1) is 11.3 Å². The topological polar surface area (TPSA) is 21.3 Å². The summed E-state index contributed by atoms with van der Waals surface area (Å²) in [7, 11) is 0. The maximum Gasteiger partial charge on any atom is 0.134 e. The van der Waals surface area contributed by atoms with E-state index in [-0.39, 0.29) is 0 Å². The van der Waals surface area contributed by atoms with Crippen LogP contribution in [0.5, 0.6) is 5.75 Å². The zero-order valence-corrected chi connectivity index (χ0v) is 14.3. The lowest BCUT2D eigenvalue weighted by molar-refractivity contribution is 0.307. The van der Waals surface area contributed by atoms with Crippen molar-refractivity contribution in [3.63, 3.8) is 0 Å². The van der Waals surface area contributed by atoms with Gasteiger partial charge in [0.1, 0.15) is 12.4 Å². The second kappa shape index (κ2) is 7.81. The van der Waals surface area contributed by atoms with Crippen LogP contribution in [0.3, 0.4) is 0 Å². The second-order valence-corrected chi connectivity index (χ2v) is 7.04. The number of hydrogen-bond donors (Lipinski definition) is 1. The largest absolute Gasteiger partial charge is 0.487 e. The van der Waals surface area contributed by atoms with Crippen LogP contribution in [0, 0.1) is 5.92 Å². The van der Waals surface area contributed by atoms with Crippen molar-refractivity contribution in [3.05, 3.63) is 50.6 Å². The van der Waals surface area contributed by atoms with Crippen molar-refractivity contribution in [2.45, 2.75) is 27.0 Å². The predicted molar refractivity (Wildman–Crippen MR) is 89.3 cm³/mol. The van der Waals surface area contributed by atoms with E-state index in [2.05, 4.69) is 58.7 Å². The first-order chi connectivity index (χ1) is 9.65. The van der Waals surface area contributed by atoms with E-state index < -0.39 is 0 Å². The van der Waals surface area contributed by atoms with Crippen molar-refractivity contribution in [2.24, 2.45) is 5.92 Å². The Morgan fingerprint density at radius 1 is 1.30 bits per heavy atom. The van der Waals surface area contributed by atoms with E-state index in [1.165, 1.54) is 10.4 Å². The fourth-order valence-electron chi connectivity index (χ4n) is 1.82. The van der Waals surface area contributed by atoms with E-state index in [1.54, 1.807) is 11.3 Å². The summed E-state index contributed by atoms with van der Waals surface area (Å²) in [4.78, 5) is 1.24. The molecule has 0 fully saturated rings. The molecule has 0 saturated heterocycles. The molecule has 2 nitrogen and oxygen atoms in total. The Bertz CT molecular complexity index is 525. The van der Waals surface area contributed by atoms with Crippen LogP contribution in [-0.4, -0.2) is 6.54 Å². The van der Waals surface area contributed by atoms with Gasteiger partial charge in [0.2, 0.25) is 0 Å². The number of nitrogens with one attached hydrogen (secondary N) is 1. The molecule has 0 unspecified atom stereocenters. The molecule has 0 amide bonds. The molecule has 0 bridgehead atoms. The molecule has 2 rings (SSSR count). The molecule has 0 aliphatic carbocycles. The molecular formula is C16H20BrNOS. The first-order valence-electron chi connectivity index (χ1n) is 6.79. The SMILES string of the molecule is CC(C)CNCc1ccc(OCc2cccs2)c(Br)c1. The van der Waals surface area contributed by atoms with Gasteiger partial charge in [-0.1, -0.05) is 26.0 Å². The number of thiophene rings is 1. The van der Waals surface area contributed by atoms with Crippen molar-refractivity contribution in [3.8, 4) is 5.75 Å². The summed E-state index contributed by atoms with van der Waals surface area (Å²) < 4.78 is 6.83. The van der Waals surface area contributed by atoms with Crippen LogP contribution >= 0.6 is 27.3 Å². The fourth-order valence-corrected chi connectivity index (χ4v) is 2.98. The molecule has 108 valence electrons. The Morgan fingerprint density at radius 2 is 2.15 bits per heavy atom. The lowest BCUT2D eigenvalue weighted by Crippen LogP contribution is -2.18. The van der Waals surface area contributed by atoms with E-state index in [9.17, 15) is 0 Å². The fraction of sp³-hybridized carbons (Fsp3) is 0.375. The van der Waals surface area contributed by atoms with Gasteiger partial charge in [-0.25, -0.2) is 0 Å². The predicted octanol–water partition coefficient (Wildman–Crippen LogP) is 4.84. The lowest BCUT2D eigenvalue weighted by atomic mass is 10.2. The molecule has 1 aromatic carbocycles. The minimum Gasteiger partial charge on any atom is -0.487 e. The maximum absolute atomic E-state index is 5.82. The average Bonchev–Trinajstić information content (AvgIpc) is 2.90. The first-order valence-corrected chi connectivity index (χ1v) is 8.46. The summed E-state index contributed by atoms with van der Waals surface area (Å²) in [5.74, 6) is 1.57. The van der Waals surface area contributed by atoms with Crippen LogP contribution in [0.15, 0.2) is 40.2 Å². The van der Waals surface area contributed by atoms with Crippen LogP contribution < -0.4 is 10.1 Å². The molecule has 0 aliphatic rings. The molecule has 1 heterocycles. The molecule has 0 atom stereocenters. The Balaban J connectivity index is 1.88. The van der Waals surface area contributed by atoms with Crippen molar-refractivity contribution < 1.29 is 4.74 Å². The van der Waals surface area contributed by atoms with Gasteiger partial charge in [0.25, 0.3) is 0 Å². The molecule has 0 aliphatic heterocycles. The first kappa shape index (κ1) is 15.5. The highest BCUT2D eigenvalue weighted by Gasteiger charge is 2.04. The number of halogens is 1. The quantitative estimate of drug-likeness (QED) is 0.769. The summed E-state index contributed by atoms with van der Waals surface area (Å²) in [5.41, 5.74) is 1.26. The molecule has 1 aromatic heterocycles. The number of rotatable bonds is 7. The summed E-state index contributed by atoms with van der Waals surface area (Å²) >= 11 is 5.30. The van der Waals surface area contributed by atoms with Crippen LogP contribution in [0.2, 0.25) is 0 Å². The van der Waals surface area contributed by atoms with Gasteiger partial charge in [0, 0.05) is 11.4 Å². The molecule has 4 heteroatoms. The Hall–Kier alpha value is -0.840. The smallest absolute Gasteiger partial charge is 0.134 e. The third kappa shape index (κ3) is 4.93. The van der Waals surface area contributed by atoms with E-state index in [0.29, 0.717) is 12.5 Å². The second-order valence-electron chi connectivity index (χ2n) is 5.16. The number of hydrogen-bond acceptors (Lipinski definition) is 3. The van der Waals surface area contributed by atoms with Gasteiger partial charge in [-0.2, -0.15) is 0 Å². The molecule has 2 aromatic rings. The summed E-state index contributed by atoms with van der Waals surface area (Å²) in [6.45, 7) is 6.98. The summed E-state index contributed by atoms with van der Waals surface area (Å²) in [5, 5.41) is 5.51. The highest BCUT2D eigenvalue weighted by Crippen LogP contribution is 2.27. The van der Waals surface area contributed by atoms with E-state index in [4.69, 9.17) is 4.74 Å². The van der Waals surface area contributed by atoms with Crippen LogP contribution in [0.1, 0.15) is 24.3 Å². The molecule has 1 N–H and O–H groups in total. The van der Waals surface area contributed by atoms with Crippen LogP contribution in [-0.2, 0) is 13.2 Å². The van der Waals surface area contributed by atoms with Gasteiger partial charge in [0.05, 0.1) is 4.47 Å². The van der Waals surface area contributed by atoms with Gasteiger partial charge in [-0.05, 0) is 57.5 Å². The molecule has 20 heavy (non-hydrogen) atoms. The maximum atomic E-state index is 5.82. The minimum absolute atomic E-state index is 0.626. The third-order valence-electron chi connectivity index (χ3n) is 2.83. The zero-order valence-electron chi connectivity index (χ0n) is 11.9. The van der Waals surface area contributed by atoms with Crippen LogP contribution in [0.4, 0.5) is 0 Å². The normalized spacial score (nSPS) is 11.0. The van der Waals surface area contributed by atoms with Gasteiger partial charge < -0.3 is 10.1 Å². The van der Waals surface area contributed by atoms with Crippen molar-refractivity contribution in [1.29, 1.82) is 0 Å². The van der Waals surface area contributed by atoms with Gasteiger partial charge in [0.15, 0.2) is 0 Å². The molecule has 0 radical (unpaired) electrons. The Labute approximate surface area is 133 Å². The van der Waals surface area contributed by atoms with Crippen molar-refractivity contribution >= 4 is 27.3 Å². The number of benzene rings is 1. The van der Waals surface area contributed by atoms with Gasteiger partial charge in [-0.3, -0.25) is 0 Å². The van der Waals surface area contributed by atoms with Gasteiger partial charge >= 0.3 is 0 Å². The van der Waals surface area contributed by atoms with E-state index in [1.807, 2.05) is 12.1 Å². The molecule has 0 saturated carbocycles. The minimum atomic E-state index is 0.626. The molecular weight excluding hydrogens is 334 g/mol. The van der Waals surface area contributed by atoms with Crippen LogP contribution in [0.25, 0.3) is 0 Å². The Morgan fingerprint density at radius 3 is 2.80 bits per heavy atom. The zero-order chi connectivity index (χ0) is 14.4. The van der Waals surface area contributed by atoms with E-state index >= 15 is 0 Å². The number of ether oxygens (including phenoxy) is 1. The monoisotopic (exact) mass is 353 g/mol. The highest BCUT2D eigenvalue weighted by molar-refractivity contribution is 9.10. The van der Waals surface area contributed by atoms with E-state index in [0.717, 1.165) is 23.3 Å². The lowest BCUT2D eigenvalue weighted by Gasteiger charge is -2.11. The summed E-state index contributed by atoms with van der Waals surface area (Å²) in [6, 6.07) is 10.4. The molecule has 0 spiro atoms.